The smallest absolute Gasteiger partial charge is 0.355 e. The lowest BCUT2D eigenvalue weighted by molar-refractivity contribution is 0.0551. The molecule has 3 aromatic heterocycles. The summed E-state index contributed by atoms with van der Waals surface area (Å²) in [5.74, 6) is -2.67. The number of hydrogen-bond acceptors (Lipinski definition) is 8. The molecule has 3 N–H and O–H groups in total. The number of fused-ring (bicyclic) bond motifs is 3. The van der Waals surface area contributed by atoms with Gasteiger partial charge < -0.3 is 34.1 Å². The van der Waals surface area contributed by atoms with Crippen molar-refractivity contribution in [3.8, 4) is 0 Å². The van der Waals surface area contributed by atoms with E-state index in [1.807, 2.05) is 18.2 Å². The second kappa shape index (κ2) is 9.29. The average molecular weight is 605 g/mol. The number of para-hydroxylation sites is 1. The highest BCUT2D eigenvalue weighted by atomic mass is 16.5. The SMILES string of the molecule is COC(=O)c1[nH]c2c(c1C(=O)OC)[C@@]13C[C@@H]1CN(C(=O)c1cc4cc(NC(=O)c5cc6ccccc6o5)ccc4[nH]1)C3=CC2=O. The van der Waals surface area contributed by atoms with Gasteiger partial charge in [0.1, 0.15) is 17.0 Å². The maximum Gasteiger partial charge on any atom is 0.355 e. The van der Waals surface area contributed by atoms with Crippen molar-refractivity contribution >= 4 is 57.1 Å². The molecule has 2 atom stereocenters. The van der Waals surface area contributed by atoms with E-state index < -0.39 is 29.0 Å². The number of allylic oxidation sites excluding steroid dienone is 2. The number of hydrogen-bond donors (Lipinski definition) is 3. The van der Waals surface area contributed by atoms with E-state index >= 15 is 0 Å². The molecule has 2 aliphatic carbocycles. The van der Waals surface area contributed by atoms with Crippen LogP contribution in [0.5, 0.6) is 0 Å². The molecule has 3 aliphatic rings. The van der Waals surface area contributed by atoms with Gasteiger partial charge in [-0.1, -0.05) is 18.2 Å². The van der Waals surface area contributed by atoms with Crippen LogP contribution in [0.15, 0.2) is 70.8 Å². The normalized spacial score (nSPS) is 19.5. The van der Waals surface area contributed by atoms with Gasteiger partial charge in [0.25, 0.3) is 11.8 Å². The van der Waals surface area contributed by atoms with Gasteiger partial charge in [-0.25, -0.2) is 9.59 Å². The maximum absolute atomic E-state index is 13.9. The molecule has 0 unspecified atom stereocenters. The molecule has 1 spiro atoms. The van der Waals surface area contributed by atoms with E-state index in [0.29, 0.717) is 52.1 Å². The molecule has 12 nitrogen and oxygen atoms in total. The number of furan rings is 1. The number of aromatic nitrogens is 2. The number of piperidine rings is 1. The fraction of sp³-hybridized carbons (Fsp3) is 0.182. The molecule has 1 aliphatic heterocycles. The van der Waals surface area contributed by atoms with Crippen LogP contribution in [0.3, 0.4) is 0 Å². The van der Waals surface area contributed by atoms with Crippen LogP contribution in [0.4, 0.5) is 5.69 Å². The van der Waals surface area contributed by atoms with E-state index in [1.165, 1.54) is 20.3 Å². The Kier molecular flexibility index (Phi) is 5.51. The Morgan fingerprint density at radius 3 is 2.56 bits per heavy atom. The predicted octanol–water partition coefficient (Wildman–Crippen LogP) is 4.56. The first kappa shape index (κ1) is 26.7. The predicted molar refractivity (Wildman–Crippen MR) is 159 cm³/mol. The summed E-state index contributed by atoms with van der Waals surface area (Å²) in [5.41, 5.74) is 2.09. The fourth-order valence-electron chi connectivity index (χ4n) is 6.90. The van der Waals surface area contributed by atoms with Crippen molar-refractivity contribution < 1.29 is 37.9 Å². The van der Waals surface area contributed by atoms with Gasteiger partial charge in [-0.3, -0.25) is 14.4 Å². The molecule has 2 aromatic carbocycles. The van der Waals surface area contributed by atoms with Crippen LogP contribution >= 0.6 is 0 Å². The Labute approximate surface area is 254 Å². The quantitative estimate of drug-likeness (QED) is 0.246. The first-order chi connectivity index (χ1) is 21.7. The van der Waals surface area contributed by atoms with Gasteiger partial charge in [0.2, 0.25) is 5.78 Å². The zero-order valence-corrected chi connectivity index (χ0v) is 24.0. The number of ketones is 1. The van der Waals surface area contributed by atoms with E-state index in [-0.39, 0.29) is 34.5 Å². The summed E-state index contributed by atoms with van der Waals surface area (Å²) in [6, 6.07) is 15.9. The van der Waals surface area contributed by atoms with Crippen molar-refractivity contribution in [3.63, 3.8) is 0 Å². The number of nitrogens with one attached hydrogen (secondary N) is 3. The number of amides is 2. The first-order valence-electron chi connectivity index (χ1n) is 14.2. The van der Waals surface area contributed by atoms with Gasteiger partial charge in [0.05, 0.1) is 25.5 Å². The summed E-state index contributed by atoms with van der Waals surface area (Å²) in [6.07, 6.45) is 2.01. The number of aromatic amines is 2. The number of carbonyl (C=O) groups is 5. The fourth-order valence-corrected chi connectivity index (χ4v) is 6.90. The van der Waals surface area contributed by atoms with Crippen LogP contribution < -0.4 is 5.32 Å². The second-order valence-corrected chi connectivity index (χ2v) is 11.4. The van der Waals surface area contributed by atoms with Crippen LogP contribution in [-0.4, -0.2) is 65.2 Å². The number of benzene rings is 2. The molecule has 1 saturated carbocycles. The van der Waals surface area contributed by atoms with Gasteiger partial charge in [0, 0.05) is 51.3 Å². The standard InChI is InChI=1S/C33H24N4O8/c1-43-31(41)25-26-27(36-28(25)32(42)44-2)21(38)12-24-33(26)13-17(33)14-37(24)30(40)20-10-16-9-18(7-8-19(16)35-20)34-29(39)23-11-15-5-3-4-6-22(15)45-23/h3-12,17,35-36H,13-14H2,1-2H3,(H,34,39)/t17-,33+/m1/s1. The summed E-state index contributed by atoms with van der Waals surface area (Å²) in [6.45, 7) is 0.324. The summed E-state index contributed by atoms with van der Waals surface area (Å²) in [5, 5.41) is 4.35. The van der Waals surface area contributed by atoms with Gasteiger partial charge in [-0.15, -0.1) is 0 Å². The third-order valence-electron chi connectivity index (χ3n) is 9.00. The maximum atomic E-state index is 13.9. The summed E-state index contributed by atoms with van der Waals surface area (Å²) in [7, 11) is 2.38. The zero-order valence-electron chi connectivity index (χ0n) is 24.0. The Bertz CT molecular complexity index is 2170. The molecule has 4 heterocycles. The Morgan fingerprint density at radius 2 is 1.78 bits per heavy atom. The van der Waals surface area contributed by atoms with Gasteiger partial charge in [-0.2, -0.15) is 0 Å². The molecular formula is C33H24N4O8. The topological polar surface area (TPSA) is 164 Å². The minimum absolute atomic E-state index is 0.0436. The summed E-state index contributed by atoms with van der Waals surface area (Å²) < 4.78 is 15.5. The minimum atomic E-state index is -0.801. The molecule has 0 radical (unpaired) electrons. The Morgan fingerprint density at radius 1 is 0.978 bits per heavy atom. The molecule has 1 saturated heterocycles. The molecule has 5 aromatic rings. The van der Waals surface area contributed by atoms with Crippen molar-refractivity contribution in [2.75, 3.05) is 26.1 Å². The van der Waals surface area contributed by atoms with Crippen LogP contribution in [0.1, 0.15) is 64.4 Å². The Hall–Kier alpha value is -5.91. The lowest BCUT2D eigenvalue weighted by atomic mass is 9.82. The molecule has 0 bridgehead atoms. The summed E-state index contributed by atoms with van der Waals surface area (Å²) >= 11 is 0. The van der Waals surface area contributed by atoms with Crippen LogP contribution in [0.2, 0.25) is 0 Å². The van der Waals surface area contributed by atoms with Crippen LogP contribution in [0, 0.1) is 5.92 Å². The number of rotatable bonds is 5. The van der Waals surface area contributed by atoms with E-state index in [1.54, 1.807) is 41.3 Å². The number of likely N-dealkylation sites (tertiary alicyclic amines) is 1. The number of methoxy groups -OCH3 is 2. The van der Waals surface area contributed by atoms with E-state index in [0.717, 1.165) is 5.39 Å². The van der Waals surface area contributed by atoms with Crippen molar-refractivity contribution in [1.82, 2.24) is 14.9 Å². The van der Waals surface area contributed by atoms with Crippen molar-refractivity contribution in [1.29, 1.82) is 0 Å². The summed E-state index contributed by atoms with van der Waals surface area (Å²) in [4.78, 5) is 73.0. The largest absolute Gasteiger partial charge is 0.465 e. The molecule has 2 amide bonds. The first-order valence-corrected chi connectivity index (χ1v) is 14.2. The zero-order chi connectivity index (χ0) is 31.2. The lowest BCUT2D eigenvalue weighted by Crippen LogP contribution is -2.34. The van der Waals surface area contributed by atoms with E-state index in [2.05, 4.69) is 15.3 Å². The second-order valence-electron chi connectivity index (χ2n) is 11.4. The third-order valence-corrected chi connectivity index (χ3v) is 9.00. The molecule has 224 valence electrons. The van der Waals surface area contributed by atoms with E-state index in [4.69, 9.17) is 13.9 Å². The number of esters is 2. The van der Waals surface area contributed by atoms with Gasteiger partial charge >= 0.3 is 11.9 Å². The van der Waals surface area contributed by atoms with Crippen LogP contribution in [0.25, 0.3) is 21.9 Å². The van der Waals surface area contributed by atoms with Crippen molar-refractivity contribution in [3.05, 3.63) is 100 Å². The highest BCUT2D eigenvalue weighted by Gasteiger charge is 2.69. The number of H-pyrrole nitrogens is 2. The number of carbonyl (C=O) groups excluding carboxylic acids is 5. The van der Waals surface area contributed by atoms with Gasteiger partial charge in [-0.05, 0) is 48.7 Å². The highest BCUT2D eigenvalue weighted by Crippen LogP contribution is 2.67. The highest BCUT2D eigenvalue weighted by molar-refractivity contribution is 6.14. The van der Waals surface area contributed by atoms with Gasteiger partial charge in [0.15, 0.2) is 5.76 Å². The molecule has 45 heavy (non-hydrogen) atoms. The minimum Gasteiger partial charge on any atom is -0.465 e. The van der Waals surface area contributed by atoms with Crippen molar-refractivity contribution in [2.45, 2.75) is 11.8 Å². The molecular weight excluding hydrogens is 580 g/mol. The van der Waals surface area contributed by atoms with E-state index in [9.17, 15) is 24.0 Å². The molecule has 8 rings (SSSR count). The number of ether oxygens (including phenoxy) is 2. The van der Waals surface area contributed by atoms with Crippen molar-refractivity contribution in [2.24, 2.45) is 5.92 Å². The van der Waals surface area contributed by atoms with Crippen LogP contribution in [-0.2, 0) is 14.9 Å². The molecule has 12 heteroatoms. The average Bonchev–Trinajstić information content (AvgIpc) is 3.50. The third kappa shape index (κ3) is 3.75. The Balaban J connectivity index is 1.09. The lowest BCUT2D eigenvalue weighted by Gasteiger charge is -2.28. The number of anilines is 1. The monoisotopic (exact) mass is 604 g/mol. The molecule has 2 fully saturated rings. The number of nitrogens with zero attached hydrogens (tertiary/aromatic N) is 1.